The largest absolute Gasteiger partial charge is 0.469 e. The summed E-state index contributed by atoms with van der Waals surface area (Å²) in [4.78, 5) is 11.4. The summed E-state index contributed by atoms with van der Waals surface area (Å²) >= 11 is 0. The SMILES string of the molecule is CC(Cc1ccco1)NC(=O)C1CC1. The zero-order chi connectivity index (χ0) is 9.97. The van der Waals surface area contributed by atoms with E-state index < -0.39 is 0 Å². The van der Waals surface area contributed by atoms with E-state index in [-0.39, 0.29) is 17.9 Å². The highest BCUT2D eigenvalue weighted by molar-refractivity contribution is 5.81. The van der Waals surface area contributed by atoms with Crippen molar-refractivity contribution in [3.63, 3.8) is 0 Å². The lowest BCUT2D eigenvalue weighted by molar-refractivity contribution is -0.122. The van der Waals surface area contributed by atoms with E-state index in [1.165, 1.54) is 0 Å². The number of hydrogen-bond acceptors (Lipinski definition) is 2. The fourth-order valence-corrected chi connectivity index (χ4v) is 1.49. The molecule has 1 aliphatic carbocycles. The van der Waals surface area contributed by atoms with Crippen LogP contribution in [-0.4, -0.2) is 11.9 Å². The average molecular weight is 193 g/mol. The monoisotopic (exact) mass is 193 g/mol. The Morgan fingerprint density at radius 2 is 2.50 bits per heavy atom. The van der Waals surface area contributed by atoms with Crippen molar-refractivity contribution in [1.29, 1.82) is 0 Å². The lowest BCUT2D eigenvalue weighted by Gasteiger charge is -2.11. The minimum Gasteiger partial charge on any atom is -0.469 e. The van der Waals surface area contributed by atoms with Crippen molar-refractivity contribution in [3.05, 3.63) is 24.2 Å². The molecule has 0 bridgehead atoms. The zero-order valence-electron chi connectivity index (χ0n) is 8.32. The molecule has 76 valence electrons. The molecule has 1 atom stereocenters. The summed E-state index contributed by atoms with van der Waals surface area (Å²) < 4.78 is 5.21. The molecule has 0 aliphatic heterocycles. The van der Waals surface area contributed by atoms with Crippen LogP contribution in [0.4, 0.5) is 0 Å². The lowest BCUT2D eigenvalue weighted by atomic mass is 10.2. The summed E-state index contributed by atoms with van der Waals surface area (Å²) in [5.74, 6) is 1.41. The van der Waals surface area contributed by atoms with Gasteiger partial charge in [0, 0.05) is 18.4 Å². The fraction of sp³-hybridized carbons (Fsp3) is 0.545. The molecule has 0 aromatic carbocycles. The van der Waals surface area contributed by atoms with Crippen molar-refractivity contribution in [1.82, 2.24) is 5.32 Å². The summed E-state index contributed by atoms with van der Waals surface area (Å²) in [6.07, 6.45) is 4.54. The molecule has 3 heteroatoms. The van der Waals surface area contributed by atoms with E-state index in [4.69, 9.17) is 4.42 Å². The molecule has 1 aliphatic rings. The van der Waals surface area contributed by atoms with Gasteiger partial charge in [0.2, 0.25) is 5.91 Å². The first kappa shape index (κ1) is 9.31. The third-order valence-electron chi connectivity index (χ3n) is 2.42. The molecule has 14 heavy (non-hydrogen) atoms. The first-order valence-corrected chi connectivity index (χ1v) is 5.08. The number of rotatable bonds is 4. The molecule has 0 saturated heterocycles. The van der Waals surface area contributed by atoms with Gasteiger partial charge in [0.1, 0.15) is 5.76 Å². The number of carbonyl (C=O) groups excluding carboxylic acids is 1. The van der Waals surface area contributed by atoms with E-state index in [0.717, 1.165) is 25.0 Å². The van der Waals surface area contributed by atoms with Crippen molar-refractivity contribution in [2.75, 3.05) is 0 Å². The Morgan fingerprint density at radius 3 is 3.07 bits per heavy atom. The minimum atomic E-state index is 0.161. The Bertz CT molecular complexity index is 301. The van der Waals surface area contributed by atoms with Gasteiger partial charge in [-0.1, -0.05) is 0 Å². The van der Waals surface area contributed by atoms with E-state index in [1.807, 2.05) is 19.1 Å². The first-order chi connectivity index (χ1) is 6.75. The van der Waals surface area contributed by atoms with E-state index in [2.05, 4.69) is 5.32 Å². The molecule has 2 rings (SSSR count). The average Bonchev–Trinajstić information content (AvgIpc) is 2.87. The highest BCUT2D eigenvalue weighted by Gasteiger charge is 2.30. The highest BCUT2D eigenvalue weighted by atomic mass is 16.3. The van der Waals surface area contributed by atoms with E-state index in [9.17, 15) is 4.79 Å². The molecular weight excluding hydrogens is 178 g/mol. The lowest BCUT2D eigenvalue weighted by Crippen LogP contribution is -2.34. The van der Waals surface area contributed by atoms with Gasteiger partial charge in [-0.3, -0.25) is 4.79 Å². The number of hydrogen-bond donors (Lipinski definition) is 1. The fourth-order valence-electron chi connectivity index (χ4n) is 1.49. The third kappa shape index (κ3) is 2.37. The van der Waals surface area contributed by atoms with Crippen LogP contribution in [0.1, 0.15) is 25.5 Å². The minimum absolute atomic E-state index is 0.161. The molecule has 1 saturated carbocycles. The van der Waals surface area contributed by atoms with Crippen LogP contribution < -0.4 is 5.32 Å². The van der Waals surface area contributed by atoms with Gasteiger partial charge in [-0.15, -0.1) is 0 Å². The normalized spacial score (nSPS) is 17.8. The number of nitrogens with one attached hydrogen (secondary N) is 1. The van der Waals surface area contributed by atoms with Crippen LogP contribution in [0.25, 0.3) is 0 Å². The van der Waals surface area contributed by atoms with Crippen LogP contribution in [0.15, 0.2) is 22.8 Å². The summed E-state index contributed by atoms with van der Waals surface area (Å²) in [7, 11) is 0. The molecular formula is C11H15NO2. The third-order valence-corrected chi connectivity index (χ3v) is 2.42. The Hall–Kier alpha value is -1.25. The second-order valence-corrected chi connectivity index (χ2v) is 3.97. The maximum atomic E-state index is 11.4. The van der Waals surface area contributed by atoms with Crippen molar-refractivity contribution >= 4 is 5.91 Å². The number of carbonyl (C=O) groups is 1. The second-order valence-electron chi connectivity index (χ2n) is 3.97. The number of furan rings is 1. The van der Waals surface area contributed by atoms with Crippen LogP contribution in [-0.2, 0) is 11.2 Å². The van der Waals surface area contributed by atoms with Gasteiger partial charge in [0.15, 0.2) is 0 Å². The summed E-state index contributed by atoms with van der Waals surface area (Å²) in [6.45, 7) is 2.00. The molecule has 0 spiro atoms. The van der Waals surface area contributed by atoms with Gasteiger partial charge in [0.05, 0.1) is 6.26 Å². The Labute approximate surface area is 83.5 Å². The van der Waals surface area contributed by atoms with E-state index in [0.29, 0.717) is 0 Å². The highest BCUT2D eigenvalue weighted by Crippen LogP contribution is 2.28. The van der Waals surface area contributed by atoms with E-state index in [1.54, 1.807) is 6.26 Å². The Balaban J connectivity index is 1.78. The molecule has 1 heterocycles. The maximum absolute atomic E-state index is 11.4. The second kappa shape index (κ2) is 3.86. The van der Waals surface area contributed by atoms with Gasteiger partial charge in [-0.25, -0.2) is 0 Å². The summed E-state index contributed by atoms with van der Waals surface area (Å²) in [6, 6.07) is 3.96. The summed E-state index contributed by atoms with van der Waals surface area (Å²) in [5, 5.41) is 2.98. The smallest absolute Gasteiger partial charge is 0.223 e. The van der Waals surface area contributed by atoms with Gasteiger partial charge in [-0.2, -0.15) is 0 Å². The predicted molar refractivity (Wildman–Crippen MR) is 52.7 cm³/mol. The van der Waals surface area contributed by atoms with Crippen LogP contribution in [0.2, 0.25) is 0 Å². The molecule has 0 radical (unpaired) electrons. The standard InChI is InChI=1S/C11H15NO2/c1-8(7-10-3-2-6-14-10)12-11(13)9-4-5-9/h2-3,6,8-9H,4-5,7H2,1H3,(H,12,13). The molecule has 3 nitrogen and oxygen atoms in total. The van der Waals surface area contributed by atoms with Gasteiger partial charge >= 0.3 is 0 Å². The Morgan fingerprint density at radius 1 is 1.71 bits per heavy atom. The van der Waals surface area contributed by atoms with Gasteiger partial charge in [0.25, 0.3) is 0 Å². The molecule has 1 aromatic heterocycles. The van der Waals surface area contributed by atoms with Crippen molar-refractivity contribution < 1.29 is 9.21 Å². The molecule has 1 N–H and O–H groups in total. The predicted octanol–water partition coefficient (Wildman–Crippen LogP) is 1.74. The van der Waals surface area contributed by atoms with Crippen molar-refractivity contribution in [3.8, 4) is 0 Å². The zero-order valence-corrected chi connectivity index (χ0v) is 8.32. The van der Waals surface area contributed by atoms with Crippen molar-refractivity contribution in [2.24, 2.45) is 5.92 Å². The number of amides is 1. The molecule has 1 amide bonds. The Kier molecular flexibility index (Phi) is 2.57. The van der Waals surface area contributed by atoms with Crippen LogP contribution in [0, 0.1) is 5.92 Å². The van der Waals surface area contributed by atoms with Crippen LogP contribution >= 0.6 is 0 Å². The van der Waals surface area contributed by atoms with Crippen molar-refractivity contribution in [2.45, 2.75) is 32.2 Å². The van der Waals surface area contributed by atoms with Gasteiger partial charge < -0.3 is 9.73 Å². The maximum Gasteiger partial charge on any atom is 0.223 e. The topological polar surface area (TPSA) is 42.2 Å². The van der Waals surface area contributed by atoms with E-state index >= 15 is 0 Å². The summed E-state index contributed by atoms with van der Waals surface area (Å²) in [5.41, 5.74) is 0. The quantitative estimate of drug-likeness (QED) is 0.791. The van der Waals surface area contributed by atoms with Crippen LogP contribution in [0.3, 0.4) is 0 Å². The first-order valence-electron chi connectivity index (χ1n) is 5.08. The molecule has 1 unspecified atom stereocenters. The molecule has 1 aromatic rings. The van der Waals surface area contributed by atoms with Gasteiger partial charge in [-0.05, 0) is 31.9 Å². The van der Waals surface area contributed by atoms with Crippen LogP contribution in [0.5, 0.6) is 0 Å². The molecule has 1 fully saturated rings.